The van der Waals surface area contributed by atoms with Crippen molar-refractivity contribution >= 4 is 29.1 Å². The SMILES string of the molecule is Cc1noc(-c2ccc(N)cc2)c1N(C(=O)O)C(C)c1ccccc1Cl. The quantitative estimate of drug-likeness (QED) is 0.620. The lowest BCUT2D eigenvalue weighted by atomic mass is 10.0. The third-order valence-electron chi connectivity index (χ3n) is 4.19. The van der Waals surface area contributed by atoms with Gasteiger partial charge < -0.3 is 15.4 Å². The Morgan fingerprint density at radius 3 is 2.50 bits per heavy atom. The summed E-state index contributed by atoms with van der Waals surface area (Å²) in [5.41, 5.74) is 8.57. The van der Waals surface area contributed by atoms with Gasteiger partial charge in [0, 0.05) is 16.3 Å². The normalized spacial score (nSPS) is 12.0. The summed E-state index contributed by atoms with van der Waals surface area (Å²) in [6, 6.07) is 13.6. The molecule has 0 aliphatic rings. The van der Waals surface area contributed by atoms with Crippen LogP contribution in [-0.2, 0) is 0 Å². The summed E-state index contributed by atoms with van der Waals surface area (Å²) in [7, 11) is 0. The van der Waals surface area contributed by atoms with E-state index in [0.717, 1.165) is 0 Å². The first-order valence-electron chi connectivity index (χ1n) is 7.99. The van der Waals surface area contributed by atoms with Crippen LogP contribution in [-0.4, -0.2) is 16.4 Å². The third kappa shape index (κ3) is 3.23. The number of hydrogen-bond donors (Lipinski definition) is 2. The summed E-state index contributed by atoms with van der Waals surface area (Å²) >= 11 is 6.27. The lowest BCUT2D eigenvalue weighted by Gasteiger charge is -2.27. The Labute approximate surface area is 155 Å². The number of carbonyl (C=O) groups is 1. The smallest absolute Gasteiger partial charge is 0.412 e. The van der Waals surface area contributed by atoms with Gasteiger partial charge in [0.25, 0.3) is 0 Å². The van der Waals surface area contributed by atoms with Gasteiger partial charge in [0.2, 0.25) is 0 Å². The first kappa shape index (κ1) is 17.8. The summed E-state index contributed by atoms with van der Waals surface area (Å²) in [6.07, 6.45) is -1.12. The summed E-state index contributed by atoms with van der Waals surface area (Å²) in [4.78, 5) is 13.3. The van der Waals surface area contributed by atoms with Gasteiger partial charge in [-0.2, -0.15) is 0 Å². The van der Waals surface area contributed by atoms with Gasteiger partial charge in [-0.3, -0.25) is 4.90 Å². The molecule has 0 saturated carbocycles. The minimum atomic E-state index is -1.12. The number of benzene rings is 2. The summed E-state index contributed by atoms with van der Waals surface area (Å²) < 4.78 is 5.44. The Bertz CT molecular complexity index is 937. The van der Waals surface area contributed by atoms with Gasteiger partial charge in [-0.05, 0) is 49.7 Å². The van der Waals surface area contributed by atoms with Crippen LogP contribution in [0.4, 0.5) is 16.2 Å². The van der Waals surface area contributed by atoms with E-state index in [1.54, 1.807) is 56.3 Å². The van der Waals surface area contributed by atoms with Crippen LogP contribution < -0.4 is 10.6 Å². The van der Waals surface area contributed by atoms with Crippen molar-refractivity contribution in [2.45, 2.75) is 19.9 Å². The molecule has 1 atom stereocenters. The molecule has 134 valence electrons. The monoisotopic (exact) mass is 371 g/mol. The molecule has 0 aliphatic carbocycles. The molecule has 0 saturated heterocycles. The van der Waals surface area contributed by atoms with E-state index >= 15 is 0 Å². The molecule has 26 heavy (non-hydrogen) atoms. The van der Waals surface area contributed by atoms with Crippen molar-refractivity contribution < 1.29 is 14.4 Å². The first-order valence-corrected chi connectivity index (χ1v) is 8.36. The molecular weight excluding hydrogens is 354 g/mol. The molecule has 6 nitrogen and oxygen atoms in total. The predicted octanol–water partition coefficient (Wildman–Crippen LogP) is 5.13. The number of nitrogen functional groups attached to an aromatic ring is 1. The number of hydrogen-bond acceptors (Lipinski definition) is 4. The molecule has 0 spiro atoms. The molecule has 1 amide bonds. The van der Waals surface area contributed by atoms with Gasteiger partial charge in [0.15, 0.2) is 5.76 Å². The van der Waals surface area contributed by atoms with E-state index in [0.29, 0.717) is 39.0 Å². The number of carboxylic acid groups (broad SMARTS) is 1. The molecular formula is C19H18ClN3O3. The molecule has 2 aromatic carbocycles. The molecule has 0 bridgehead atoms. The minimum Gasteiger partial charge on any atom is -0.465 e. The number of aromatic nitrogens is 1. The molecule has 3 N–H and O–H groups in total. The van der Waals surface area contributed by atoms with Crippen LogP contribution in [0.15, 0.2) is 53.1 Å². The Balaban J connectivity index is 2.13. The maximum absolute atomic E-state index is 12.1. The fraction of sp³-hybridized carbons (Fsp3) is 0.158. The Kier molecular flexibility index (Phi) is 4.86. The number of rotatable bonds is 4. The van der Waals surface area contributed by atoms with E-state index in [4.69, 9.17) is 21.9 Å². The zero-order valence-corrected chi connectivity index (χ0v) is 15.1. The Morgan fingerprint density at radius 1 is 1.23 bits per heavy atom. The molecule has 1 heterocycles. The van der Waals surface area contributed by atoms with E-state index < -0.39 is 12.1 Å². The largest absolute Gasteiger partial charge is 0.465 e. The van der Waals surface area contributed by atoms with Crippen molar-refractivity contribution in [3.63, 3.8) is 0 Å². The topological polar surface area (TPSA) is 92.6 Å². The molecule has 3 aromatic rings. The zero-order valence-electron chi connectivity index (χ0n) is 14.3. The highest BCUT2D eigenvalue weighted by atomic mass is 35.5. The van der Waals surface area contributed by atoms with Crippen molar-refractivity contribution in [1.29, 1.82) is 0 Å². The van der Waals surface area contributed by atoms with E-state index in [1.807, 2.05) is 6.07 Å². The van der Waals surface area contributed by atoms with E-state index in [-0.39, 0.29) is 0 Å². The molecule has 1 unspecified atom stereocenters. The van der Waals surface area contributed by atoms with Crippen molar-refractivity contribution in [3.05, 3.63) is 64.8 Å². The molecule has 0 radical (unpaired) electrons. The third-order valence-corrected chi connectivity index (χ3v) is 4.54. The van der Waals surface area contributed by atoms with Crippen molar-refractivity contribution in [2.75, 3.05) is 10.6 Å². The van der Waals surface area contributed by atoms with Gasteiger partial charge >= 0.3 is 6.09 Å². The Morgan fingerprint density at radius 2 is 1.88 bits per heavy atom. The molecule has 3 rings (SSSR count). The maximum atomic E-state index is 12.1. The van der Waals surface area contributed by atoms with E-state index in [9.17, 15) is 9.90 Å². The van der Waals surface area contributed by atoms with Gasteiger partial charge in [-0.25, -0.2) is 4.79 Å². The van der Waals surface area contributed by atoms with Crippen LogP contribution in [0.5, 0.6) is 0 Å². The summed E-state index contributed by atoms with van der Waals surface area (Å²) in [5.74, 6) is 0.365. The van der Waals surface area contributed by atoms with Crippen LogP contribution in [0.3, 0.4) is 0 Å². The number of amides is 1. The second-order valence-electron chi connectivity index (χ2n) is 5.92. The second-order valence-corrected chi connectivity index (χ2v) is 6.32. The number of nitrogens with zero attached hydrogens (tertiary/aromatic N) is 2. The highest BCUT2D eigenvalue weighted by Crippen LogP contribution is 2.39. The zero-order chi connectivity index (χ0) is 18.8. The lowest BCUT2D eigenvalue weighted by Crippen LogP contribution is -2.33. The summed E-state index contributed by atoms with van der Waals surface area (Å²) in [5, 5.41) is 14.4. The number of nitrogens with two attached hydrogens (primary N) is 1. The Hall–Kier alpha value is -2.99. The fourth-order valence-electron chi connectivity index (χ4n) is 2.88. The number of anilines is 2. The van der Waals surface area contributed by atoms with Crippen molar-refractivity contribution in [2.24, 2.45) is 0 Å². The average Bonchev–Trinajstić information content (AvgIpc) is 2.97. The van der Waals surface area contributed by atoms with Gasteiger partial charge in [-0.1, -0.05) is 35.0 Å². The van der Waals surface area contributed by atoms with Crippen molar-refractivity contribution in [1.82, 2.24) is 5.16 Å². The maximum Gasteiger partial charge on any atom is 0.412 e. The van der Waals surface area contributed by atoms with Crippen LogP contribution >= 0.6 is 11.6 Å². The van der Waals surface area contributed by atoms with Gasteiger partial charge in [-0.15, -0.1) is 0 Å². The van der Waals surface area contributed by atoms with Crippen molar-refractivity contribution in [3.8, 4) is 11.3 Å². The van der Waals surface area contributed by atoms with Crippen LogP contribution in [0, 0.1) is 6.92 Å². The number of halogens is 1. The van der Waals surface area contributed by atoms with Gasteiger partial charge in [0.05, 0.1) is 6.04 Å². The van der Waals surface area contributed by atoms with Crippen LogP contribution in [0.1, 0.15) is 24.2 Å². The average molecular weight is 372 g/mol. The highest BCUT2D eigenvalue weighted by Gasteiger charge is 2.31. The molecule has 0 aliphatic heterocycles. The van der Waals surface area contributed by atoms with Crippen LogP contribution in [0.2, 0.25) is 5.02 Å². The first-order chi connectivity index (χ1) is 12.4. The molecule has 1 aromatic heterocycles. The van der Waals surface area contributed by atoms with E-state index in [2.05, 4.69) is 5.16 Å². The van der Waals surface area contributed by atoms with E-state index in [1.165, 1.54) is 4.90 Å². The molecule has 7 heteroatoms. The standard InChI is InChI=1S/C19H18ClN3O3/c1-11-17(18(26-22-11)13-7-9-14(21)10-8-13)23(19(24)25)12(2)15-5-3-4-6-16(15)20/h3-10,12H,21H2,1-2H3,(H,24,25). The lowest BCUT2D eigenvalue weighted by molar-refractivity contribution is 0.199. The minimum absolute atomic E-state index is 0.365. The second kappa shape index (κ2) is 7.09. The highest BCUT2D eigenvalue weighted by molar-refractivity contribution is 6.31. The van der Waals surface area contributed by atoms with Crippen LogP contribution in [0.25, 0.3) is 11.3 Å². The summed E-state index contributed by atoms with van der Waals surface area (Å²) in [6.45, 7) is 3.48. The molecule has 0 fully saturated rings. The predicted molar refractivity (Wildman–Crippen MR) is 101 cm³/mol. The van der Waals surface area contributed by atoms with Gasteiger partial charge in [0.1, 0.15) is 11.4 Å². The fourth-order valence-corrected chi connectivity index (χ4v) is 3.17. The number of aryl methyl sites for hydroxylation is 1.